The van der Waals surface area contributed by atoms with Gasteiger partial charge in [-0.2, -0.15) is 0 Å². The smallest absolute Gasteiger partial charge is 0.245 e. The van der Waals surface area contributed by atoms with Crippen molar-refractivity contribution in [3.63, 3.8) is 0 Å². The van der Waals surface area contributed by atoms with Crippen LogP contribution in [-0.2, 0) is 28.8 Å². The number of carbonyl (C=O) groups is 6. The number of nitrogens with zero attached hydrogens (tertiary/aromatic N) is 1. The van der Waals surface area contributed by atoms with Crippen molar-refractivity contribution >= 4 is 35.4 Å². The summed E-state index contributed by atoms with van der Waals surface area (Å²) in [6.07, 6.45) is 0.133. The predicted molar refractivity (Wildman–Crippen MR) is 142 cm³/mol. The summed E-state index contributed by atoms with van der Waals surface area (Å²) in [6.45, 7) is 10.2. The van der Waals surface area contributed by atoms with Crippen LogP contribution in [0.2, 0.25) is 0 Å². The predicted octanol–water partition coefficient (Wildman–Crippen LogP) is -1.46. The lowest BCUT2D eigenvalue weighted by atomic mass is 10.0. The van der Waals surface area contributed by atoms with Crippen LogP contribution in [0.15, 0.2) is 0 Å². The molecular weight excluding hydrogens is 508 g/mol. The minimum Gasteiger partial charge on any atom is -0.391 e. The summed E-state index contributed by atoms with van der Waals surface area (Å²) in [5, 5.41) is 23.2. The van der Waals surface area contributed by atoms with Gasteiger partial charge < -0.3 is 36.6 Å². The minimum atomic E-state index is -1.41. The van der Waals surface area contributed by atoms with E-state index in [9.17, 15) is 33.9 Å². The van der Waals surface area contributed by atoms with Crippen molar-refractivity contribution in [2.24, 2.45) is 11.8 Å². The zero-order valence-corrected chi connectivity index (χ0v) is 23.7. The first-order valence-electron chi connectivity index (χ1n) is 13.7. The summed E-state index contributed by atoms with van der Waals surface area (Å²) in [7, 11) is 0. The normalized spacial score (nSPS) is 29.1. The number of aliphatic hydroxyl groups excluding tert-OH is 1. The second-order valence-corrected chi connectivity index (χ2v) is 11.3. The van der Waals surface area contributed by atoms with E-state index < -0.39 is 71.8 Å². The molecule has 6 amide bonds. The van der Waals surface area contributed by atoms with E-state index in [1.54, 1.807) is 0 Å². The van der Waals surface area contributed by atoms with Gasteiger partial charge in [0.05, 0.1) is 12.6 Å². The lowest BCUT2D eigenvalue weighted by molar-refractivity contribution is -0.141. The molecule has 0 aromatic rings. The van der Waals surface area contributed by atoms with Crippen molar-refractivity contribution in [3.05, 3.63) is 0 Å². The van der Waals surface area contributed by atoms with Crippen LogP contribution in [0.4, 0.5) is 0 Å². The maximum atomic E-state index is 13.3. The lowest BCUT2D eigenvalue weighted by Gasteiger charge is -2.30. The largest absolute Gasteiger partial charge is 0.391 e. The quantitative estimate of drug-likeness (QED) is 0.240. The first kappa shape index (κ1) is 32.0. The van der Waals surface area contributed by atoms with Crippen LogP contribution >= 0.6 is 0 Å². The standard InChI is InChI=1S/C26H44N6O7/c1-13(2)10-17-23(36)28-15(5)22(35)27-12-20(34)32-9-7-8-19(32)25(38)29-18(11-14(3)4)24(37)31-21(16(6)33)26(39)30-17/h13-19,21,33H,7-12H2,1-6H3,(H,27,35)(H,28,36)(H,29,38)(H,30,39)(H,31,37)/t15-,16+,17-,18-,19-,21-/m0/s1. The number of carbonyl (C=O) groups excluding carboxylic acids is 6. The van der Waals surface area contributed by atoms with Crippen molar-refractivity contribution in [1.29, 1.82) is 0 Å². The number of nitrogens with one attached hydrogen (secondary N) is 5. The summed E-state index contributed by atoms with van der Waals surface area (Å²) in [4.78, 5) is 79.6. The first-order chi connectivity index (χ1) is 18.2. The third kappa shape index (κ3) is 9.19. The fourth-order valence-corrected chi connectivity index (χ4v) is 4.73. The van der Waals surface area contributed by atoms with Crippen molar-refractivity contribution in [3.8, 4) is 0 Å². The molecule has 2 fully saturated rings. The molecule has 0 saturated carbocycles. The first-order valence-corrected chi connectivity index (χ1v) is 13.7. The molecule has 2 rings (SSSR count). The van der Waals surface area contributed by atoms with Gasteiger partial charge in [-0.25, -0.2) is 0 Å². The molecule has 0 unspecified atom stereocenters. The maximum absolute atomic E-state index is 13.3. The van der Waals surface area contributed by atoms with E-state index in [2.05, 4.69) is 26.6 Å². The Balaban J connectivity index is 2.43. The van der Waals surface area contributed by atoms with Crippen LogP contribution in [0.5, 0.6) is 0 Å². The van der Waals surface area contributed by atoms with Crippen LogP contribution in [0.3, 0.4) is 0 Å². The average Bonchev–Trinajstić information content (AvgIpc) is 3.33. The molecule has 220 valence electrons. The Morgan fingerprint density at radius 2 is 1.31 bits per heavy atom. The van der Waals surface area contributed by atoms with Crippen LogP contribution in [0.1, 0.15) is 67.2 Å². The van der Waals surface area contributed by atoms with Gasteiger partial charge >= 0.3 is 0 Å². The summed E-state index contributed by atoms with van der Waals surface area (Å²) < 4.78 is 0. The molecule has 2 heterocycles. The highest BCUT2D eigenvalue weighted by molar-refractivity contribution is 5.97. The van der Waals surface area contributed by atoms with E-state index in [1.807, 2.05) is 27.7 Å². The lowest BCUT2D eigenvalue weighted by Crippen LogP contribution is -2.61. The molecule has 2 aliphatic rings. The Morgan fingerprint density at radius 1 is 0.769 bits per heavy atom. The molecule has 6 N–H and O–H groups in total. The maximum Gasteiger partial charge on any atom is 0.245 e. The second kappa shape index (κ2) is 14.2. The summed E-state index contributed by atoms with van der Waals surface area (Å²) in [6, 6.07) is -5.32. The second-order valence-electron chi connectivity index (χ2n) is 11.3. The van der Waals surface area contributed by atoms with E-state index in [-0.39, 0.29) is 31.2 Å². The van der Waals surface area contributed by atoms with Gasteiger partial charge in [0.1, 0.15) is 30.2 Å². The number of hydrogen-bond acceptors (Lipinski definition) is 7. The fraction of sp³-hybridized carbons (Fsp3) is 0.769. The third-order valence-corrected chi connectivity index (χ3v) is 6.78. The van der Waals surface area contributed by atoms with Crippen LogP contribution in [0.25, 0.3) is 0 Å². The van der Waals surface area contributed by atoms with E-state index in [4.69, 9.17) is 0 Å². The number of rotatable bonds is 5. The van der Waals surface area contributed by atoms with Crippen molar-refractivity contribution < 1.29 is 33.9 Å². The Hall–Kier alpha value is -3.22. The van der Waals surface area contributed by atoms with Crippen LogP contribution < -0.4 is 26.6 Å². The molecule has 0 aromatic carbocycles. The molecule has 2 saturated heterocycles. The molecule has 0 aliphatic carbocycles. The third-order valence-electron chi connectivity index (χ3n) is 6.78. The molecule has 0 spiro atoms. The van der Waals surface area contributed by atoms with Gasteiger partial charge in [-0.3, -0.25) is 28.8 Å². The van der Waals surface area contributed by atoms with Gasteiger partial charge in [0.2, 0.25) is 35.4 Å². The Bertz CT molecular complexity index is 938. The summed E-state index contributed by atoms with van der Waals surface area (Å²) in [5.74, 6) is -3.64. The zero-order chi connectivity index (χ0) is 29.4. The zero-order valence-electron chi connectivity index (χ0n) is 23.7. The average molecular weight is 553 g/mol. The molecule has 0 aromatic heterocycles. The highest BCUT2D eigenvalue weighted by atomic mass is 16.3. The van der Waals surface area contributed by atoms with Crippen molar-refractivity contribution in [1.82, 2.24) is 31.5 Å². The Kier molecular flexibility index (Phi) is 11.7. The number of amides is 6. The van der Waals surface area contributed by atoms with Gasteiger partial charge in [0, 0.05) is 6.54 Å². The Labute approximate surface area is 229 Å². The fourth-order valence-electron chi connectivity index (χ4n) is 4.73. The molecule has 0 bridgehead atoms. The van der Waals surface area contributed by atoms with Gasteiger partial charge in [-0.05, 0) is 51.4 Å². The van der Waals surface area contributed by atoms with Crippen LogP contribution in [-0.4, -0.2) is 94.9 Å². The molecule has 6 atom stereocenters. The molecule has 13 heteroatoms. The molecule has 0 radical (unpaired) electrons. The van der Waals surface area contributed by atoms with Crippen LogP contribution in [0, 0.1) is 11.8 Å². The topological polar surface area (TPSA) is 186 Å². The van der Waals surface area contributed by atoms with Gasteiger partial charge in [-0.1, -0.05) is 27.7 Å². The Morgan fingerprint density at radius 3 is 1.85 bits per heavy atom. The monoisotopic (exact) mass is 552 g/mol. The van der Waals surface area contributed by atoms with Crippen molar-refractivity contribution in [2.45, 2.75) is 104 Å². The van der Waals surface area contributed by atoms with E-state index in [1.165, 1.54) is 18.7 Å². The summed E-state index contributed by atoms with van der Waals surface area (Å²) in [5.41, 5.74) is 0. The number of hydrogen-bond donors (Lipinski definition) is 6. The van der Waals surface area contributed by atoms with E-state index in [0.29, 0.717) is 19.4 Å². The highest BCUT2D eigenvalue weighted by Gasteiger charge is 2.38. The van der Waals surface area contributed by atoms with E-state index in [0.717, 1.165) is 0 Å². The van der Waals surface area contributed by atoms with Gasteiger partial charge in [0.25, 0.3) is 0 Å². The van der Waals surface area contributed by atoms with Crippen molar-refractivity contribution in [2.75, 3.05) is 13.1 Å². The van der Waals surface area contributed by atoms with Gasteiger partial charge in [-0.15, -0.1) is 0 Å². The van der Waals surface area contributed by atoms with E-state index >= 15 is 0 Å². The summed E-state index contributed by atoms with van der Waals surface area (Å²) >= 11 is 0. The number of aliphatic hydroxyl groups is 1. The number of fused-ring (bicyclic) bond motifs is 1. The molecule has 13 nitrogen and oxygen atoms in total. The molecular formula is C26H44N6O7. The highest BCUT2D eigenvalue weighted by Crippen LogP contribution is 2.18. The SMILES string of the molecule is CC(C)C[C@@H]1NC(=O)[C@H]([C@@H](C)O)NC(=O)[C@H](CC(C)C)NC(=O)[C@@H]2CCCN2C(=O)CNC(=O)[C@H](C)NC1=O. The molecule has 2 aliphatic heterocycles. The minimum absolute atomic E-state index is 0.00429. The molecule has 39 heavy (non-hydrogen) atoms. The van der Waals surface area contributed by atoms with Gasteiger partial charge in [0.15, 0.2) is 0 Å².